The molecule has 7 heteroatoms. The highest BCUT2D eigenvalue weighted by Crippen LogP contribution is 2.34. The number of nitrogens with two attached hydrogens (primary N) is 2. The predicted molar refractivity (Wildman–Crippen MR) is 145 cm³/mol. The number of amides is 2. The van der Waals surface area contributed by atoms with Crippen LogP contribution in [0.2, 0.25) is 0 Å². The Morgan fingerprint density at radius 1 is 1.08 bits per heavy atom. The minimum absolute atomic E-state index is 0.204. The zero-order valence-electron chi connectivity index (χ0n) is 22.4. The van der Waals surface area contributed by atoms with Gasteiger partial charge in [0.15, 0.2) is 0 Å². The van der Waals surface area contributed by atoms with Gasteiger partial charge in [0.25, 0.3) is 5.91 Å². The van der Waals surface area contributed by atoms with Crippen LogP contribution >= 0.6 is 0 Å². The Morgan fingerprint density at radius 3 is 2.36 bits per heavy atom. The Hall–Kier alpha value is -2.77. The van der Waals surface area contributed by atoms with E-state index in [4.69, 9.17) is 11.5 Å². The molecule has 1 heterocycles. The topological polar surface area (TPSA) is 92.7 Å². The normalized spacial score (nSPS) is 14.4. The van der Waals surface area contributed by atoms with E-state index in [1.807, 2.05) is 52.8 Å². The van der Waals surface area contributed by atoms with Gasteiger partial charge in [-0.25, -0.2) is 9.29 Å². The van der Waals surface area contributed by atoms with E-state index < -0.39 is 6.04 Å². The Labute approximate surface area is 214 Å². The number of carbonyl (C=O) groups excluding carboxylic acids is 2. The summed E-state index contributed by atoms with van der Waals surface area (Å²) in [6.45, 7) is 11.8. The minimum Gasteiger partial charge on any atom is -0.367 e. The third-order valence-corrected chi connectivity index (χ3v) is 6.68. The summed E-state index contributed by atoms with van der Waals surface area (Å²) in [6, 6.07) is 8.26. The molecule has 0 fully saturated rings. The zero-order valence-corrected chi connectivity index (χ0v) is 22.4. The number of unbranched alkanes of at least 4 members (excludes halogenated alkanes) is 1. The van der Waals surface area contributed by atoms with Crippen molar-refractivity contribution in [3.63, 3.8) is 0 Å². The molecule has 0 saturated heterocycles. The van der Waals surface area contributed by atoms with Gasteiger partial charge in [-0.3, -0.25) is 9.59 Å². The molecule has 0 spiro atoms. The lowest BCUT2D eigenvalue weighted by Crippen LogP contribution is -2.48. The van der Waals surface area contributed by atoms with Crippen LogP contribution in [0.4, 0.5) is 15.8 Å². The summed E-state index contributed by atoms with van der Waals surface area (Å²) in [4.78, 5) is 30.6. The third kappa shape index (κ3) is 6.71. The van der Waals surface area contributed by atoms with Crippen molar-refractivity contribution in [3.05, 3.63) is 58.4 Å². The van der Waals surface area contributed by atoms with E-state index in [2.05, 4.69) is 4.90 Å². The average Bonchev–Trinajstić information content (AvgIpc) is 2.79. The molecule has 0 aromatic heterocycles. The van der Waals surface area contributed by atoms with Gasteiger partial charge in [-0.15, -0.1) is 0 Å². The van der Waals surface area contributed by atoms with Crippen LogP contribution in [0.15, 0.2) is 30.3 Å². The number of imide groups is 1. The Morgan fingerprint density at radius 2 is 1.75 bits per heavy atom. The second-order valence-corrected chi connectivity index (χ2v) is 11.2. The number of fused-ring (bicyclic) bond motifs is 1. The van der Waals surface area contributed by atoms with E-state index in [0.29, 0.717) is 25.2 Å². The number of halogens is 1. The Kier molecular flexibility index (Phi) is 8.90. The summed E-state index contributed by atoms with van der Waals surface area (Å²) in [6.07, 6.45) is 3.00. The Bertz CT molecular complexity index is 1090. The predicted octanol–water partition coefficient (Wildman–Crippen LogP) is 4.76. The lowest BCUT2D eigenvalue weighted by atomic mass is 9.91. The van der Waals surface area contributed by atoms with E-state index in [9.17, 15) is 14.0 Å². The van der Waals surface area contributed by atoms with E-state index >= 15 is 0 Å². The van der Waals surface area contributed by atoms with Gasteiger partial charge in [0.2, 0.25) is 5.91 Å². The molecule has 36 heavy (non-hydrogen) atoms. The third-order valence-electron chi connectivity index (χ3n) is 6.68. The van der Waals surface area contributed by atoms with E-state index in [1.54, 1.807) is 6.07 Å². The van der Waals surface area contributed by atoms with Crippen LogP contribution in [0.1, 0.15) is 68.7 Å². The summed E-state index contributed by atoms with van der Waals surface area (Å²) in [5.74, 6) is -0.812. The van der Waals surface area contributed by atoms with Crippen LogP contribution in [0.25, 0.3) is 0 Å². The number of nitrogens with zero attached hydrogens (tertiary/aromatic N) is 2. The highest BCUT2D eigenvalue weighted by atomic mass is 19.1. The maximum absolute atomic E-state index is 13.6. The van der Waals surface area contributed by atoms with Crippen LogP contribution in [0, 0.1) is 25.1 Å². The quantitative estimate of drug-likeness (QED) is 0.514. The molecule has 6 nitrogen and oxygen atoms in total. The van der Waals surface area contributed by atoms with Gasteiger partial charge in [0.1, 0.15) is 5.82 Å². The summed E-state index contributed by atoms with van der Waals surface area (Å²) >= 11 is 0. The van der Waals surface area contributed by atoms with Crippen LogP contribution in [-0.2, 0) is 22.6 Å². The molecular formula is C29H41FN4O2. The molecule has 2 aromatic carbocycles. The molecule has 2 aromatic rings. The Balaban J connectivity index is 1.93. The van der Waals surface area contributed by atoms with E-state index in [-0.39, 0.29) is 29.5 Å². The van der Waals surface area contributed by atoms with Crippen molar-refractivity contribution in [1.82, 2.24) is 0 Å². The fourth-order valence-corrected chi connectivity index (χ4v) is 4.90. The maximum atomic E-state index is 13.6. The van der Waals surface area contributed by atoms with Crippen molar-refractivity contribution < 1.29 is 14.0 Å². The smallest absolute Gasteiger partial charge is 0.250 e. The molecule has 0 bridgehead atoms. The van der Waals surface area contributed by atoms with Crippen molar-refractivity contribution in [1.29, 1.82) is 0 Å². The van der Waals surface area contributed by atoms with Gasteiger partial charge in [-0.05, 0) is 91.6 Å². The molecule has 3 rings (SSSR count). The van der Waals surface area contributed by atoms with Crippen LogP contribution in [0.5, 0.6) is 0 Å². The monoisotopic (exact) mass is 496 g/mol. The van der Waals surface area contributed by atoms with Crippen molar-refractivity contribution in [2.24, 2.45) is 16.9 Å². The fourth-order valence-electron chi connectivity index (χ4n) is 4.90. The van der Waals surface area contributed by atoms with Gasteiger partial charge < -0.3 is 16.4 Å². The molecule has 0 unspecified atom stereocenters. The standard InChI is InChI=1S/C29H41FN4O2/c1-19-14-24(33-13-11-21-16-23(30)10-9-22(21)18-33)15-20(2)27(19)34(26(35)17-29(3,4)5)28(36)25(32)8-6-7-12-31/h9-10,14-16,25H,6-8,11-13,17-18,31-32H2,1-5H3/t25-/m0/s1. The largest absolute Gasteiger partial charge is 0.367 e. The maximum Gasteiger partial charge on any atom is 0.250 e. The molecular weight excluding hydrogens is 455 g/mol. The highest BCUT2D eigenvalue weighted by Gasteiger charge is 2.32. The molecule has 0 radical (unpaired) electrons. The number of hydrogen-bond donors (Lipinski definition) is 2. The molecule has 196 valence electrons. The molecule has 0 aliphatic carbocycles. The lowest BCUT2D eigenvalue weighted by molar-refractivity contribution is -0.128. The number of rotatable bonds is 8. The first-order chi connectivity index (χ1) is 16.9. The summed E-state index contributed by atoms with van der Waals surface area (Å²) < 4.78 is 13.6. The minimum atomic E-state index is -0.766. The SMILES string of the molecule is Cc1cc(N2CCc3cc(F)ccc3C2)cc(C)c1N(C(=O)CC(C)(C)C)C(=O)[C@@H](N)CCCCN. The van der Waals surface area contributed by atoms with Crippen molar-refractivity contribution in [2.45, 2.75) is 79.3 Å². The van der Waals surface area contributed by atoms with Crippen LogP contribution < -0.4 is 21.3 Å². The van der Waals surface area contributed by atoms with E-state index in [1.165, 1.54) is 11.0 Å². The van der Waals surface area contributed by atoms with Crippen molar-refractivity contribution >= 4 is 23.2 Å². The number of aryl methyl sites for hydroxylation is 2. The summed E-state index contributed by atoms with van der Waals surface area (Å²) in [7, 11) is 0. The first-order valence-corrected chi connectivity index (χ1v) is 12.9. The fraction of sp³-hybridized carbons (Fsp3) is 0.517. The van der Waals surface area contributed by atoms with Crippen LogP contribution in [-0.4, -0.2) is 30.9 Å². The first-order valence-electron chi connectivity index (χ1n) is 12.9. The van der Waals surface area contributed by atoms with Gasteiger partial charge in [0, 0.05) is 25.2 Å². The second-order valence-electron chi connectivity index (χ2n) is 11.2. The number of hydrogen-bond acceptors (Lipinski definition) is 5. The van der Waals surface area contributed by atoms with E-state index in [0.717, 1.165) is 53.7 Å². The molecule has 1 aliphatic heterocycles. The molecule has 0 saturated carbocycles. The van der Waals surface area contributed by atoms with Gasteiger partial charge >= 0.3 is 0 Å². The highest BCUT2D eigenvalue weighted by molar-refractivity contribution is 6.17. The zero-order chi connectivity index (χ0) is 26.6. The van der Waals surface area contributed by atoms with Gasteiger partial charge in [-0.1, -0.05) is 33.3 Å². The number of carbonyl (C=O) groups is 2. The second kappa shape index (κ2) is 11.5. The van der Waals surface area contributed by atoms with Crippen LogP contribution in [0.3, 0.4) is 0 Å². The lowest BCUT2D eigenvalue weighted by Gasteiger charge is -2.33. The first kappa shape index (κ1) is 27.8. The molecule has 2 amide bonds. The van der Waals surface area contributed by atoms with Crippen molar-refractivity contribution in [2.75, 3.05) is 22.9 Å². The average molecular weight is 497 g/mol. The number of anilines is 2. The molecule has 1 atom stereocenters. The molecule has 4 N–H and O–H groups in total. The molecule has 1 aliphatic rings. The van der Waals surface area contributed by atoms with Gasteiger partial charge in [0.05, 0.1) is 11.7 Å². The van der Waals surface area contributed by atoms with Crippen molar-refractivity contribution in [3.8, 4) is 0 Å². The summed E-state index contributed by atoms with van der Waals surface area (Å²) in [5, 5.41) is 0. The number of benzene rings is 2. The van der Waals surface area contributed by atoms with Gasteiger partial charge in [-0.2, -0.15) is 0 Å². The summed E-state index contributed by atoms with van der Waals surface area (Å²) in [5.41, 5.74) is 17.1.